The molecule has 0 bridgehead atoms. The first-order valence-electron chi connectivity index (χ1n) is 12.0. The van der Waals surface area contributed by atoms with Crippen LogP contribution in [0.3, 0.4) is 0 Å². The third-order valence-corrected chi connectivity index (χ3v) is 10.7. The van der Waals surface area contributed by atoms with Crippen LogP contribution < -0.4 is 0 Å². The molecule has 2 aromatic rings. The molecule has 3 atom stereocenters. The van der Waals surface area contributed by atoms with Crippen LogP contribution in [0.2, 0.25) is 14.8 Å². The zero-order valence-corrected chi connectivity index (χ0v) is 23.8. The molecular formula is C29H40O2Sn. The first kappa shape index (κ1) is 25.1. The van der Waals surface area contributed by atoms with E-state index in [2.05, 4.69) is 89.1 Å². The summed E-state index contributed by atoms with van der Waals surface area (Å²) in [4.78, 5) is 19.9. The van der Waals surface area contributed by atoms with Crippen LogP contribution in [0.1, 0.15) is 52.5 Å². The van der Waals surface area contributed by atoms with Gasteiger partial charge in [0.1, 0.15) is 0 Å². The van der Waals surface area contributed by atoms with Crippen molar-refractivity contribution in [3.63, 3.8) is 0 Å². The van der Waals surface area contributed by atoms with Crippen LogP contribution >= 0.6 is 0 Å². The summed E-state index contributed by atoms with van der Waals surface area (Å²) in [7, 11) is 0. The third kappa shape index (κ3) is 6.49. The van der Waals surface area contributed by atoms with Gasteiger partial charge in [-0.15, -0.1) is 0 Å². The average Bonchev–Trinajstić information content (AvgIpc) is 2.70. The van der Waals surface area contributed by atoms with E-state index >= 15 is 0 Å². The molecule has 2 aromatic carbocycles. The van der Waals surface area contributed by atoms with Gasteiger partial charge in [-0.2, -0.15) is 0 Å². The van der Waals surface area contributed by atoms with E-state index in [-0.39, 0.29) is 17.5 Å². The molecule has 0 aliphatic heterocycles. The number of ether oxygens (including phenoxy) is 1. The molecule has 0 saturated heterocycles. The predicted molar refractivity (Wildman–Crippen MR) is 140 cm³/mol. The number of esters is 1. The summed E-state index contributed by atoms with van der Waals surface area (Å²) < 4.78 is 8.50. The number of benzene rings is 2. The molecule has 0 amide bonds. The zero-order chi connectivity index (χ0) is 23.5. The van der Waals surface area contributed by atoms with Gasteiger partial charge < -0.3 is 0 Å². The quantitative estimate of drug-likeness (QED) is 0.162. The number of rotatable bonds is 6. The summed E-state index contributed by atoms with van der Waals surface area (Å²) in [6.07, 6.45) is 6.72. The Labute approximate surface area is 199 Å². The number of fused-ring (bicyclic) bond motifs is 1. The Bertz CT molecular complexity index is 1010. The van der Waals surface area contributed by atoms with Crippen molar-refractivity contribution < 1.29 is 9.53 Å². The molecule has 172 valence electrons. The second-order valence-corrected chi connectivity index (χ2v) is 25.7. The van der Waals surface area contributed by atoms with E-state index in [1.165, 1.54) is 28.3 Å². The zero-order valence-electron chi connectivity index (χ0n) is 20.9. The van der Waals surface area contributed by atoms with E-state index in [0.29, 0.717) is 11.8 Å². The first-order valence-corrected chi connectivity index (χ1v) is 22.2. The van der Waals surface area contributed by atoms with Crippen molar-refractivity contribution >= 4 is 35.1 Å². The van der Waals surface area contributed by atoms with Crippen LogP contribution in [0.5, 0.6) is 0 Å². The minimum absolute atomic E-state index is 0.0524. The van der Waals surface area contributed by atoms with Crippen LogP contribution in [-0.2, 0) is 14.9 Å². The van der Waals surface area contributed by atoms with Gasteiger partial charge in [-0.25, -0.2) is 0 Å². The van der Waals surface area contributed by atoms with Gasteiger partial charge in [0.25, 0.3) is 0 Å². The van der Waals surface area contributed by atoms with Crippen molar-refractivity contribution in [2.24, 2.45) is 11.8 Å². The molecular weight excluding hydrogens is 499 g/mol. The maximum atomic E-state index is 12.8. The second kappa shape index (κ2) is 10.2. The van der Waals surface area contributed by atoms with Gasteiger partial charge in [-0.05, 0) is 5.39 Å². The van der Waals surface area contributed by atoms with E-state index in [1.54, 1.807) is 6.08 Å². The Hall–Kier alpha value is -1.55. The van der Waals surface area contributed by atoms with E-state index in [4.69, 9.17) is 4.74 Å². The summed E-state index contributed by atoms with van der Waals surface area (Å²) in [6, 6.07) is 15.3. The van der Waals surface area contributed by atoms with Crippen LogP contribution in [0.15, 0.2) is 64.3 Å². The summed E-state index contributed by atoms with van der Waals surface area (Å²) in [5, 5.41) is 2.53. The summed E-state index contributed by atoms with van der Waals surface area (Å²) in [5.74, 6) is 0.678. The Balaban J connectivity index is 1.80. The van der Waals surface area contributed by atoms with E-state index in [0.717, 1.165) is 12.8 Å². The van der Waals surface area contributed by atoms with Gasteiger partial charge in [-0.1, -0.05) is 24.3 Å². The summed E-state index contributed by atoms with van der Waals surface area (Å²) in [6.45, 7) is 8.99. The summed E-state index contributed by atoms with van der Waals surface area (Å²) >= 11 is -2.01. The Morgan fingerprint density at radius 1 is 1.03 bits per heavy atom. The van der Waals surface area contributed by atoms with Crippen LogP contribution in [0.25, 0.3) is 10.8 Å². The van der Waals surface area contributed by atoms with Crippen LogP contribution in [-0.4, -0.2) is 30.5 Å². The number of allylic oxidation sites excluding steroid dienone is 2. The topological polar surface area (TPSA) is 26.3 Å². The van der Waals surface area contributed by atoms with Crippen molar-refractivity contribution in [2.45, 2.75) is 73.3 Å². The predicted octanol–water partition coefficient (Wildman–Crippen LogP) is 7.85. The minimum atomic E-state index is -2.01. The number of hydrogen-bond acceptors (Lipinski definition) is 2. The molecule has 3 rings (SSSR count). The fourth-order valence-electron chi connectivity index (χ4n) is 5.21. The van der Waals surface area contributed by atoms with E-state index < -0.39 is 18.4 Å². The third-order valence-electron chi connectivity index (χ3n) is 6.88. The maximum absolute atomic E-state index is 12.8. The average molecular weight is 539 g/mol. The number of carbonyl (C=O) groups excluding carboxylic acids is 1. The van der Waals surface area contributed by atoms with Crippen LogP contribution in [0, 0.1) is 11.8 Å². The van der Waals surface area contributed by atoms with Crippen molar-refractivity contribution in [1.29, 1.82) is 0 Å². The standard InChI is InChI=1S/C26H31O2.3CH3.Sn/c1-18(2)10-15-25(27)28-24-16-19(3)11-14-23(24)26(4,5)22-13-12-20-8-6-7-9-21(20)17-22;;;;/h1,6-10,12-13,15,17,19,23-24H,11,14,16H2,2-5H3;3*1H3;/b15-10+,18-1?;;;;/t19-,23-,24-;;;;/m1..../s1. The van der Waals surface area contributed by atoms with Gasteiger partial charge in [0, 0.05) is 0 Å². The normalized spacial score (nSPS) is 23.0. The molecule has 3 heteroatoms. The Morgan fingerprint density at radius 2 is 1.72 bits per heavy atom. The Kier molecular flexibility index (Phi) is 7.96. The van der Waals surface area contributed by atoms with E-state index in [1.807, 2.05) is 6.08 Å². The van der Waals surface area contributed by atoms with Crippen molar-refractivity contribution in [1.82, 2.24) is 0 Å². The molecule has 0 aromatic heterocycles. The number of hydrogen-bond donors (Lipinski definition) is 0. The Morgan fingerprint density at radius 3 is 2.41 bits per heavy atom. The monoisotopic (exact) mass is 540 g/mol. The molecule has 0 N–H and O–H groups in total. The van der Waals surface area contributed by atoms with Gasteiger partial charge in [0.2, 0.25) is 0 Å². The summed E-state index contributed by atoms with van der Waals surface area (Å²) in [5.41, 5.74) is 2.43. The fraction of sp³-hybridized carbons (Fsp3) is 0.483. The SMILES string of the molecule is CC(=[CH]/[Sn]([CH3])([CH3])[CH3])/C=C/C(=O)O[C@@H]1C[C@H](C)CC[C@H]1C(C)(C)c1ccc2ccccc2c1. The molecule has 0 radical (unpaired) electrons. The van der Waals surface area contributed by atoms with Gasteiger partial charge >= 0.3 is 170 Å². The van der Waals surface area contributed by atoms with Crippen molar-refractivity contribution in [2.75, 3.05) is 0 Å². The van der Waals surface area contributed by atoms with Crippen molar-refractivity contribution in [3.05, 3.63) is 69.8 Å². The molecule has 1 aliphatic carbocycles. The van der Waals surface area contributed by atoms with Crippen molar-refractivity contribution in [3.8, 4) is 0 Å². The van der Waals surface area contributed by atoms with Gasteiger partial charge in [-0.3, -0.25) is 0 Å². The fourth-order valence-corrected chi connectivity index (χ4v) is 9.38. The molecule has 0 spiro atoms. The van der Waals surface area contributed by atoms with Gasteiger partial charge in [0.15, 0.2) is 0 Å². The first-order chi connectivity index (χ1) is 15.0. The molecule has 1 saturated carbocycles. The molecule has 1 fully saturated rings. The van der Waals surface area contributed by atoms with Gasteiger partial charge in [0.05, 0.1) is 0 Å². The van der Waals surface area contributed by atoms with Crippen LogP contribution in [0.4, 0.5) is 0 Å². The second-order valence-electron chi connectivity index (χ2n) is 11.4. The molecule has 2 nitrogen and oxygen atoms in total. The number of carbonyl (C=O) groups is 1. The molecule has 0 unspecified atom stereocenters. The molecule has 0 heterocycles. The van der Waals surface area contributed by atoms with E-state index in [9.17, 15) is 4.79 Å². The molecule has 32 heavy (non-hydrogen) atoms. The molecule has 1 aliphatic rings.